The van der Waals surface area contributed by atoms with Crippen LogP contribution in [0.4, 0.5) is 0 Å². The summed E-state index contributed by atoms with van der Waals surface area (Å²) in [4.78, 5) is 2.28. The molecule has 0 aromatic carbocycles. The van der Waals surface area contributed by atoms with Crippen molar-refractivity contribution >= 4 is 0 Å². The van der Waals surface area contributed by atoms with Gasteiger partial charge in [0.05, 0.1) is 0 Å². The molecule has 1 aliphatic rings. The highest BCUT2D eigenvalue weighted by Gasteiger charge is 2.31. The van der Waals surface area contributed by atoms with Gasteiger partial charge in [0.25, 0.3) is 0 Å². The number of hydrogen-bond donors (Lipinski definition) is 1. The monoisotopic (exact) mass is 156 g/mol. The smallest absolute Gasteiger partial charge is 0.0305 e. The SMILES string of the molecule is CNC1(CN(C)C)CCCC1. The van der Waals surface area contributed by atoms with Crippen LogP contribution in [0.2, 0.25) is 0 Å². The first-order valence-corrected chi connectivity index (χ1v) is 4.52. The van der Waals surface area contributed by atoms with Gasteiger partial charge in [-0.15, -0.1) is 0 Å². The van der Waals surface area contributed by atoms with Gasteiger partial charge in [0.2, 0.25) is 0 Å². The fourth-order valence-electron chi connectivity index (χ4n) is 2.14. The Kier molecular flexibility index (Phi) is 2.90. The first-order valence-electron chi connectivity index (χ1n) is 4.52. The van der Waals surface area contributed by atoms with Gasteiger partial charge in [0, 0.05) is 12.1 Å². The maximum atomic E-state index is 3.47. The summed E-state index contributed by atoms with van der Waals surface area (Å²) in [6, 6.07) is 0. The fourth-order valence-corrected chi connectivity index (χ4v) is 2.14. The van der Waals surface area contributed by atoms with Gasteiger partial charge < -0.3 is 10.2 Å². The minimum Gasteiger partial charge on any atom is -0.313 e. The van der Waals surface area contributed by atoms with E-state index in [4.69, 9.17) is 0 Å². The van der Waals surface area contributed by atoms with Gasteiger partial charge in [0.1, 0.15) is 0 Å². The van der Waals surface area contributed by atoms with Crippen molar-refractivity contribution in [2.75, 3.05) is 27.7 Å². The molecular weight excluding hydrogens is 136 g/mol. The summed E-state index contributed by atoms with van der Waals surface area (Å²) in [6.45, 7) is 1.18. The molecule has 66 valence electrons. The van der Waals surface area contributed by atoms with Crippen LogP contribution in [0.1, 0.15) is 25.7 Å². The highest BCUT2D eigenvalue weighted by atomic mass is 15.1. The van der Waals surface area contributed by atoms with Crippen LogP contribution in [0.15, 0.2) is 0 Å². The second kappa shape index (κ2) is 3.55. The lowest BCUT2D eigenvalue weighted by Gasteiger charge is -2.31. The summed E-state index contributed by atoms with van der Waals surface area (Å²) in [5.74, 6) is 0. The van der Waals surface area contributed by atoms with Crippen molar-refractivity contribution in [3.63, 3.8) is 0 Å². The number of nitrogens with zero attached hydrogens (tertiary/aromatic N) is 1. The van der Waals surface area contributed by atoms with E-state index in [2.05, 4.69) is 31.4 Å². The first kappa shape index (κ1) is 9.01. The Balaban J connectivity index is 2.45. The predicted octanol–water partition coefficient (Wildman–Crippen LogP) is 1.08. The summed E-state index contributed by atoms with van der Waals surface area (Å²) in [5, 5.41) is 3.47. The Hall–Kier alpha value is -0.0800. The third-order valence-electron chi connectivity index (χ3n) is 2.71. The van der Waals surface area contributed by atoms with E-state index in [1.165, 1.54) is 32.2 Å². The van der Waals surface area contributed by atoms with Crippen molar-refractivity contribution in [3.05, 3.63) is 0 Å². The van der Waals surface area contributed by atoms with Gasteiger partial charge in [-0.2, -0.15) is 0 Å². The zero-order valence-electron chi connectivity index (χ0n) is 7.98. The average molecular weight is 156 g/mol. The first-order chi connectivity index (χ1) is 5.18. The summed E-state index contributed by atoms with van der Waals surface area (Å²) < 4.78 is 0. The molecular formula is C9H20N2. The maximum Gasteiger partial charge on any atom is 0.0305 e. The van der Waals surface area contributed by atoms with Gasteiger partial charge in [-0.05, 0) is 34.0 Å². The van der Waals surface area contributed by atoms with E-state index in [9.17, 15) is 0 Å². The molecule has 0 bridgehead atoms. The topological polar surface area (TPSA) is 15.3 Å². The molecule has 2 nitrogen and oxygen atoms in total. The van der Waals surface area contributed by atoms with Crippen LogP contribution >= 0.6 is 0 Å². The predicted molar refractivity (Wildman–Crippen MR) is 48.8 cm³/mol. The van der Waals surface area contributed by atoms with Gasteiger partial charge >= 0.3 is 0 Å². The van der Waals surface area contributed by atoms with E-state index in [0.717, 1.165) is 0 Å². The minimum absolute atomic E-state index is 0.434. The Morgan fingerprint density at radius 3 is 2.18 bits per heavy atom. The molecule has 0 radical (unpaired) electrons. The van der Waals surface area contributed by atoms with Gasteiger partial charge in [0.15, 0.2) is 0 Å². The van der Waals surface area contributed by atoms with Crippen LogP contribution in [0, 0.1) is 0 Å². The summed E-state index contributed by atoms with van der Waals surface area (Å²) >= 11 is 0. The van der Waals surface area contributed by atoms with Crippen molar-refractivity contribution in [1.29, 1.82) is 0 Å². The molecule has 0 heterocycles. The largest absolute Gasteiger partial charge is 0.313 e. The highest BCUT2D eigenvalue weighted by molar-refractivity contribution is 4.93. The summed E-state index contributed by atoms with van der Waals surface area (Å²) in [7, 11) is 6.39. The normalized spacial score (nSPS) is 22.9. The molecule has 1 rings (SSSR count). The summed E-state index contributed by atoms with van der Waals surface area (Å²) in [5.41, 5.74) is 0.434. The Morgan fingerprint density at radius 1 is 1.27 bits per heavy atom. The Labute approximate surface area is 70.0 Å². The molecule has 1 aliphatic carbocycles. The van der Waals surface area contributed by atoms with E-state index in [-0.39, 0.29) is 0 Å². The lowest BCUT2D eigenvalue weighted by molar-refractivity contribution is 0.248. The van der Waals surface area contributed by atoms with Crippen LogP contribution in [0.25, 0.3) is 0 Å². The third-order valence-corrected chi connectivity index (χ3v) is 2.71. The summed E-state index contributed by atoms with van der Waals surface area (Å²) in [6.07, 6.45) is 5.49. The van der Waals surface area contributed by atoms with E-state index < -0.39 is 0 Å². The number of likely N-dealkylation sites (N-methyl/N-ethyl adjacent to an activating group) is 2. The van der Waals surface area contributed by atoms with Crippen molar-refractivity contribution in [2.45, 2.75) is 31.2 Å². The second-order valence-electron chi connectivity index (χ2n) is 3.98. The Morgan fingerprint density at radius 2 is 1.82 bits per heavy atom. The third kappa shape index (κ3) is 2.17. The molecule has 0 unspecified atom stereocenters. The van der Waals surface area contributed by atoms with Crippen molar-refractivity contribution in [3.8, 4) is 0 Å². The van der Waals surface area contributed by atoms with Crippen LogP contribution in [-0.2, 0) is 0 Å². The van der Waals surface area contributed by atoms with Crippen molar-refractivity contribution < 1.29 is 0 Å². The number of rotatable bonds is 3. The van der Waals surface area contributed by atoms with Gasteiger partial charge in [-0.1, -0.05) is 12.8 Å². The Bertz CT molecular complexity index is 115. The van der Waals surface area contributed by atoms with Crippen LogP contribution in [-0.4, -0.2) is 38.1 Å². The molecule has 0 aliphatic heterocycles. The van der Waals surface area contributed by atoms with Crippen LogP contribution < -0.4 is 5.32 Å². The quantitative estimate of drug-likeness (QED) is 0.658. The molecule has 2 heteroatoms. The standard InChI is InChI=1S/C9H20N2/c1-10-9(8-11(2)3)6-4-5-7-9/h10H,4-8H2,1-3H3. The molecule has 0 aromatic heterocycles. The lowest BCUT2D eigenvalue weighted by Crippen LogP contribution is -2.48. The van der Waals surface area contributed by atoms with Crippen molar-refractivity contribution in [2.24, 2.45) is 0 Å². The van der Waals surface area contributed by atoms with E-state index in [0.29, 0.717) is 5.54 Å². The molecule has 11 heavy (non-hydrogen) atoms. The fraction of sp³-hybridized carbons (Fsp3) is 1.00. The minimum atomic E-state index is 0.434. The zero-order valence-corrected chi connectivity index (χ0v) is 7.98. The molecule has 0 amide bonds. The zero-order chi connectivity index (χ0) is 8.32. The lowest BCUT2D eigenvalue weighted by atomic mass is 9.97. The molecule has 0 aromatic rings. The number of hydrogen-bond acceptors (Lipinski definition) is 2. The molecule has 0 atom stereocenters. The molecule has 1 N–H and O–H groups in total. The number of nitrogens with one attached hydrogen (secondary N) is 1. The van der Waals surface area contributed by atoms with Gasteiger partial charge in [-0.25, -0.2) is 0 Å². The van der Waals surface area contributed by atoms with E-state index in [1.807, 2.05) is 0 Å². The van der Waals surface area contributed by atoms with Crippen LogP contribution in [0.3, 0.4) is 0 Å². The molecule has 0 saturated heterocycles. The maximum absolute atomic E-state index is 3.47. The van der Waals surface area contributed by atoms with Crippen molar-refractivity contribution in [1.82, 2.24) is 10.2 Å². The average Bonchev–Trinajstić information content (AvgIpc) is 2.36. The highest BCUT2D eigenvalue weighted by Crippen LogP contribution is 2.29. The van der Waals surface area contributed by atoms with E-state index in [1.54, 1.807) is 0 Å². The van der Waals surface area contributed by atoms with Crippen LogP contribution in [0.5, 0.6) is 0 Å². The molecule has 1 saturated carbocycles. The van der Waals surface area contributed by atoms with E-state index >= 15 is 0 Å². The molecule has 1 fully saturated rings. The van der Waals surface area contributed by atoms with Gasteiger partial charge in [-0.3, -0.25) is 0 Å². The second-order valence-corrected chi connectivity index (χ2v) is 3.98. The molecule has 0 spiro atoms.